The van der Waals surface area contributed by atoms with Crippen LogP contribution in [0.2, 0.25) is 0 Å². The summed E-state index contributed by atoms with van der Waals surface area (Å²) in [5, 5.41) is 10.4. The zero-order valence-corrected chi connectivity index (χ0v) is 13.0. The Morgan fingerprint density at radius 2 is 2.29 bits per heavy atom. The van der Waals surface area contributed by atoms with Crippen molar-refractivity contribution >= 4 is 23.1 Å². The highest BCUT2D eigenvalue weighted by molar-refractivity contribution is 7.08. The molecule has 6 heteroatoms. The van der Waals surface area contributed by atoms with Crippen LogP contribution < -0.4 is 10.6 Å². The highest BCUT2D eigenvalue weighted by Crippen LogP contribution is 2.25. The van der Waals surface area contributed by atoms with Crippen molar-refractivity contribution in [2.24, 2.45) is 0 Å². The first kappa shape index (κ1) is 14.2. The minimum Gasteiger partial charge on any atom is -0.321 e. The molecule has 2 heterocycles. The zero-order valence-electron chi connectivity index (χ0n) is 12.1. The van der Waals surface area contributed by atoms with Gasteiger partial charge in [-0.1, -0.05) is 30.5 Å². The van der Waals surface area contributed by atoms with Crippen molar-refractivity contribution in [3.63, 3.8) is 0 Å². The Hall–Kier alpha value is -1.79. The third kappa shape index (κ3) is 2.82. The van der Waals surface area contributed by atoms with E-state index in [1.807, 2.05) is 26.0 Å². The van der Waals surface area contributed by atoms with Crippen LogP contribution in [-0.4, -0.2) is 22.0 Å². The second-order valence-electron chi connectivity index (χ2n) is 5.47. The number of carbonyl (C=O) groups excluding carboxylic acids is 1. The molecule has 1 aromatic heterocycles. The Bertz CT molecular complexity index is 665. The van der Waals surface area contributed by atoms with E-state index in [-0.39, 0.29) is 11.8 Å². The number of aromatic nitrogens is 2. The molecule has 21 heavy (non-hydrogen) atoms. The zero-order chi connectivity index (χ0) is 14.8. The lowest BCUT2D eigenvalue weighted by atomic mass is 9.99. The molecular formula is C15H18N4OS. The number of nitrogens with one attached hydrogen (secondary N) is 2. The predicted octanol–water partition coefficient (Wildman–Crippen LogP) is 2.56. The van der Waals surface area contributed by atoms with Gasteiger partial charge in [-0.3, -0.25) is 4.79 Å². The molecule has 0 fully saturated rings. The SMILES string of the molecule is CC(C)c1nnsc1C(=O)Nc1cccc2c1CCNC2. The van der Waals surface area contributed by atoms with Gasteiger partial charge in [0, 0.05) is 12.2 Å². The molecule has 3 rings (SSSR count). The average Bonchev–Trinajstić information content (AvgIpc) is 2.97. The fraction of sp³-hybridized carbons (Fsp3) is 0.400. The molecule has 0 radical (unpaired) electrons. The number of hydrogen-bond donors (Lipinski definition) is 2. The van der Waals surface area contributed by atoms with Gasteiger partial charge in [0.15, 0.2) is 0 Å². The summed E-state index contributed by atoms with van der Waals surface area (Å²) < 4.78 is 3.91. The van der Waals surface area contributed by atoms with Gasteiger partial charge in [0.25, 0.3) is 5.91 Å². The Balaban J connectivity index is 1.87. The van der Waals surface area contributed by atoms with E-state index in [0.717, 1.165) is 42.4 Å². The van der Waals surface area contributed by atoms with Crippen LogP contribution in [0.25, 0.3) is 0 Å². The lowest BCUT2D eigenvalue weighted by Crippen LogP contribution is -2.25. The van der Waals surface area contributed by atoms with Crippen LogP contribution in [0.3, 0.4) is 0 Å². The molecule has 2 aromatic rings. The van der Waals surface area contributed by atoms with E-state index in [4.69, 9.17) is 0 Å². The van der Waals surface area contributed by atoms with E-state index in [1.54, 1.807) is 0 Å². The molecule has 1 aliphatic heterocycles. The Kier molecular flexibility index (Phi) is 3.98. The molecule has 0 atom stereocenters. The Morgan fingerprint density at radius 1 is 1.43 bits per heavy atom. The van der Waals surface area contributed by atoms with Crippen molar-refractivity contribution < 1.29 is 4.79 Å². The van der Waals surface area contributed by atoms with Gasteiger partial charge >= 0.3 is 0 Å². The van der Waals surface area contributed by atoms with E-state index in [0.29, 0.717) is 4.88 Å². The van der Waals surface area contributed by atoms with Gasteiger partial charge in [-0.05, 0) is 47.6 Å². The number of benzene rings is 1. The standard InChI is InChI=1S/C15H18N4OS/c1-9(2)13-14(21-19-18-13)15(20)17-12-5-3-4-10-8-16-7-6-11(10)12/h3-5,9,16H,6-8H2,1-2H3,(H,17,20). The summed E-state index contributed by atoms with van der Waals surface area (Å²) in [6, 6.07) is 6.05. The van der Waals surface area contributed by atoms with E-state index >= 15 is 0 Å². The molecule has 0 aliphatic carbocycles. The summed E-state index contributed by atoms with van der Waals surface area (Å²) in [6.45, 7) is 5.84. The molecule has 0 saturated carbocycles. The first-order valence-electron chi connectivity index (χ1n) is 7.12. The normalized spacial score (nSPS) is 14.0. The van der Waals surface area contributed by atoms with Crippen molar-refractivity contribution in [3.8, 4) is 0 Å². The van der Waals surface area contributed by atoms with Crippen LogP contribution in [0.1, 0.15) is 46.3 Å². The number of fused-ring (bicyclic) bond motifs is 1. The lowest BCUT2D eigenvalue weighted by Gasteiger charge is -2.20. The number of rotatable bonds is 3. The monoisotopic (exact) mass is 302 g/mol. The quantitative estimate of drug-likeness (QED) is 0.914. The molecule has 1 amide bonds. The molecule has 0 bridgehead atoms. The van der Waals surface area contributed by atoms with E-state index in [9.17, 15) is 4.79 Å². The summed E-state index contributed by atoms with van der Waals surface area (Å²) in [4.78, 5) is 13.1. The van der Waals surface area contributed by atoms with E-state index < -0.39 is 0 Å². The highest BCUT2D eigenvalue weighted by Gasteiger charge is 2.20. The molecular weight excluding hydrogens is 284 g/mol. The minimum absolute atomic E-state index is 0.111. The molecule has 0 unspecified atom stereocenters. The van der Waals surface area contributed by atoms with Crippen LogP contribution in [0.4, 0.5) is 5.69 Å². The van der Waals surface area contributed by atoms with Gasteiger partial charge in [-0.2, -0.15) is 0 Å². The van der Waals surface area contributed by atoms with Gasteiger partial charge in [0.05, 0.1) is 5.69 Å². The van der Waals surface area contributed by atoms with Crippen LogP contribution in [0, 0.1) is 0 Å². The lowest BCUT2D eigenvalue weighted by molar-refractivity contribution is 0.102. The number of hydrogen-bond acceptors (Lipinski definition) is 5. The average molecular weight is 302 g/mol. The maximum absolute atomic E-state index is 12.5. The Labute approximate surface area is 127 Å². The van der Waals surface area contributed by atoms with Gasteiger partial charge in [0.2, 0.25) is 0 Å². The maximum atomic E-state index is 12.5. The van der Waals surface area contributed by atoms with Crippen LogP contribution in [0.15, 0.2) is 18.2 Å². The molecule has 2 N–H and O–H groups in total. The second kappa shape index (κ2) is 5.91. The van der Waals surface area contributed by atoms with Crippen LogP contribution >= 0.6 is 11.5 Å². The first-order chi connectivity index (χ1) is 10.2. The predicted molar refractivity (Wildman–Crippen MR) is 83.8 cm³/mol. The fourth-order valence-corrected chi connectivity index (χ4v) is 3.28. The van der Waals surface area contributed by atoms with E-state index in [1.165, 1.54) is 11.1 Å². The third-order valence-corrected chi connectivity index (χ3v) is 4.40. The number of anilines is 1. The summed E-state index contributed by atoms with van der Waals surface area (Å²) >= 11 is 1.16. The van der Waals surface area contributed by atoms with Gasteiger partial charge < -0.3 is 10.6 Å². The molecule has 0 saturated heterocycles. The second-order valence-corrected chi connectivity index (χ2v) is 6.22. The minimum atomic E-state index is -0.111. The molecule has 1 aromatic carbocycles. The summed E-state index contributed by atoms with van der Waals surface area (Å²) in [5.74, 6) is 0.0824. The maximum Gasteiger partial charge on any atom is 0.269 e. The van der Waals surface area contributed by atoms with Crippen molar-refractivity contribution in [1.29, 1.82) is 0 Å². The topological polar surface area (TPSA) is 66.9 Å². The number of amides is 1. The van der Waals surface area contributed by atoms with Crippen molar-refractivity contribution in [2.75, 3.05) is 11.9 Å². The largest absolute Gasteiger partial charge is 0.321 e. The van der Waals surface area contributed by atoms with Gasteiger partial charge in [0.1, 0.15) is 4.88 Å². The number of nitrogens with zero attached hydrogens (tertiary/aromatic N) is 2. The van der Waals surface area contributed by atoms with Crippen molar-refractivity contribution in [2.45, 2.75) is 32.7 Å². The smallest absolute Gasteiger partial charge is 0.269 e. The third-order valence-electron chi connectivity index (χ3n) is 3.65. The molecule has 1 aliphatic rings. The molecule has 110 valence electrons. The van der Waals surface area contributed by atoms with Crippen LogP contribution in [-0.2, 0) is 13.0 Å². The van der Waals surface area contributed by atoms with Crippen molar-refractivity contribution in [1.82, 2.24) is 14.9 Å². The van der Waals surface area contributed by atoms with Crippen LogP contribution in [0.5, 0.6) is 0 Å². The molecule has 0 spiro atoms. The van der Waals surface area contributed by atoms with Gasteiger partial charge in [-0.15, -0.1) is 5.10 Å². The Morgan fingerprint density at radius 3 is 3.10 bits per heavy atom. The summed E-state index contributed by atoms with van der Waals surface area (Å²) in [5.41, 5.74) is 4.16. The summed E-state index contributed by atoms with van der Waals surface area (Å²) in [7, 11) is 0. The first-order valence-corrected chi connectivity index (χ1v) is 7.89. The summed E-state index contributed by atoms with van der Waals surface area (Å²) in [6.07, 6.45) is 0.934. The fourth-order valence-electron chi connectivity index (χ4n) is 2.56. The van der Waals surface area contributed by atoms with E-state index in [2.05, 4.69) is 26.3 Å². The highest BCUT2D eigenvalue weighted by atomic mass is 32.1. The van der Waals surface area contributed by atoms with Gasteiger partial charge in [-0.25, -0.2) is 0 Å². The number of carbonyl (C=O) groups is 1. The molecule has 5 nitrogen and oxygen atoms in total. The van der Waals surface area contributed by atoms with Crippen molar-refractivity contribution in [3.05, 3.63) is 39.9 Å².